The molecular formula is C3H7Li2P. The van der Waals surface area contributed by atoms with E-state index in [-0.39, 0.29) is 37.7 Å². The molecule has 0 saturated heterocycles. The Balaban J connectivity index is -0.0000000450. The first-order chi connectivity index (χ1) is 1.73. The standard InChI is InChI=1S/C3H7P.2Li/c1-3(2)4;;/h3H,1-2H3;;/q-2;2*+1. The Morgan fingerprint density at radius 1 is 1.17 bits per heavy atom. The molecule has 0 atom stereocenters. The van der Waals surface area contributed by atoms with Crippen LogP contribution in [0.25, 0.3) is 0 Å². The number of hydrogen-bond acceptors (Lipinski definition) is 0. The van der Waals surface area contributed by atoms with Gasteiger partial charge in [-0.15, -0.1) is 13.8 Å². The van der Waals surface area contributed by atoms with E-state index in [1.54, 1.807) is 0 Å². The predicted octanol–water partition coefficient (Wildman–Crippen LogP) is -4.19. The zero-order valence-corrected chi connectivity index (χ0v) is 5.92. The summed E-state index contributed by atoms with van der Waals surface area (Å²) in [6.07, 6.45) is 0. The molecule has 0 radical (unpaired) electrons. The molecule has 0 unspecified atom stereocenters. The first-order valence-corrected chi connectivity index (χ1v) is 1.93. The van der Waals surface area contributed by atoms with E-state index in [4.69, 9.17) is 0 Å². The van der Waals surface area contributed by atoms with Crippen molar-refractivity contribution < 1.29 is 37.7 Å². The van der Waals surface area contributed by atoms with E-state index in [2.05, 4.69) is 9.24 Å². The van der Waals surface area contributed by atoms with E-state index in [1.807, 2.05) is 13.8 Å². The first-order valence-electron chi connectivity index (χ1n) is 1.41. The van der Waals surface area contributed by atoms with Gasteiger partial charge in [0.1, 0.15) is 0 Å². The Kier molecular flexibility index (Phi) is 25.6. The molecule has 0 saturated carbocycles. The molecule has 0 amide bonds. The molecule has 0 aromatic carbocycles. The molecule has 0 aliphatic carbocycles. The summed E-state index contributed by atoms with van der Waals surface area (Å²) in [5.41, 5.74) is 0.528. The molecule has 0 rings (SSSR count). The topological polar surface area (TPSA) is 0 Å². The monoisotopic (exact) mass is 88.1 g/mol. The van der Waals surface area contributed by atoms with Crippen LogP contribution in [0.4, 0.5) is 0 Å². The van der Waals surface area contributed by atoms with Crippen LogP contribution >= 0.6 is 9.24 Å². The van der Waals surface area contributed by atoms with Crippen LogP contribution in [-0.2, 0) is 0 Å². The third-order valence-electron chi connectivity index (χ3n) is 0. The minimum Gasteiger partial charge on any atom is -1.49 e. The molecular weight excluding hydrogens is 80.9 g/mol. The Bertz CT molecular complexity index is 13.5. The molecule has 0 heterocycles. The van der Waals surface area contributed by atoms with E-state index >= 15 is 0 Å². The van der Waals surface area contributed by atoms with Gasteiger partial charge in [-0.2, -0.15) is 0 Å². The van der Waals surface area contributed by atoms with Crippen molar-refractivity contribution in [3.05, 3.63) is 0 Å². The molecule has 3 heteroatoms. The predicted molar refractivity (Wildman–Crippen MR) is 22.1 cm³/mol. The maximum absolute atomic E-state index is 3.97. The molecule has 0 fully saturated rings. The molecule has 26 valence electrons. The minimum atomic E-state index is 0. The SMILES string of the molecule is CC(C)[P-2].[Li+].[Li+]. The van der Waals surface area contributed by atoms with Gasteiger partial charge in [-0.3, -0.25) is 0 Å². The Labute approximate surface area is 66.4 Å². The van der Waals surface area contributed by atoms with Gasteiger partial charge in [0.15, 0.2) is 0 Å². The average Bonchev–Trinajstić information content (AvgIpc) is 0.811. The van der Waals surface area contributed by atoms with Crippen molar-refractivity contribution in [1.82, 2.24) is 0 Å². The van der Waals surface area contributed by atoms with Crippen molar-refractivity contribution in [2.24, 2.45) is 0 Å². The van der Waals surface area contributed by atoms with Crippen LogP contribution in [0.3, 0.4) is 0 Å². The normalized spacial score (nSPS) is 6.00. The van der Waals surface area contributed by atoms with E-state index in [9.17, 15) is 0 Å². The Morgan fingerprint density at radius 3 is 1.17 bits per heavy atom. The van der Waals surface area contributed by atoms with Crippen LogP contribution in [-0.4, -0.2) is 5.66 Å². The van der Waals surface area contributed by atoms with Gasteiger partial charge in [-0.25, -0.2) is 0 Å². The van der Waals surface area contributed by atoms with Crippen molar-refractivity contribution in [2.45, 2.75) is 19.5 Å². The van der Waals surface area contributed by atoms with Gasteiger partial charge >= 0.3 is 37.7 Å². The van der Waals surface area contributed by atoms with Gasteiger partial charge in [0.05, 0.1) is 0 Å². The Morgan fingerprint density at radius 2 is 1.17 bits per heavy atom. The fourth-order valence-corrected chi connectivity index (χ4v) is 0. The number of hydrogen-bond donors (Lipinski definition) is 0. The molecule has 0 bridgehead atoms. The summed E-state index contributed by atoms with van der Waals surface area (Å²) in [6.45, 7) is 4.06. The maximum atomic E-state index is 3.97. The zero-order valence-electron chi connectivity index (χ0n) is 5.02. The quantitative estimate of drug-likeness (QED) is 0.208. The van der Waals surface area contributed by atoms with Crippen LogP contribution in [0.5, 0.6) is 0 Å². The zero-order chi connectivity index (χ0) is 3.58. The van der Waals surface area contributed by atoms with Crippen molar-refractivity contribution in [1.29, 1.82) is 0 Å². The van der Waals surface area contributed by atoms with Gasteiger partial charge in [0.25, 0.3) is 0 Å². The summed E-state index contributed by atoms with van der Waals surface area (Å²) in [5, 5.41) is 0. The van der Waals surface area contributed by atoms with Gasteiger partial charge in [-0.1, -0.05) is 0 Å². The van der Waals surface area contributed by atoms with Crippen molar-refractivity contribution in [2.75, 3.05) is 0 Å². The van der Waals surface area contributed by atoms with Crippen LogP contribution in [0.2, 0.25) is 0 Å². The fourth-order valence-electron chi connectivity index (χ4n) is 0. The summed E-state index contributed by atoms with van der Waals surface area (Å²) in [4.78, 5) is 0. The molecule has 0 spiro atoms. The van der Waals surface area contributed by atoms with Crippen LogP contribution < -0.4 is 37.7 Å². The molecule has 6 heavy (non-hydrogen) atoms. The maximum Gasteiger partial charge on any atom is 1.00 e. The third-order valence-corrected chi connectivity index (χ3v) is 0. The second-order valence-corrected chi connectivity index (χ2v) is 2.13. The minimum absolute atomic E-state index is 0. The summed E-state index contributed by atoms with van der Waals surface area (Å²) in [6, 6.07) is 0. The fraction of sp³-hybridized carbons (Fsp3) is 1.00. The Hall–Kier alpha value is 1.62. The summed E-state index contributed by atoms with van der Waals surface area (Å²) in [5.74, 6) is 0. The van der Waals surface area contributed by atoms with Crippen LogP contribution in [0.1, 0.15) is 13.8 Å². The molecule has 0 aromatic heterocycles. The third kappa shape index (κ3) is 45.6. The summed E-state index contributed by atoms with van der Waals surface area (Å²) < 4.78 is 0. The van der Waals surface area contributed by atoms with Gasteiger partial charge in [0.2, 0.25) is 0 Å². The van der Waals surface area contributed by atoms with Crippen molar-refractivity contribution in [3.8, 4) is 0 Å². The average molecular weight is 87.9 g/mol. The van der Waals surface area contributed by atoms with Crippen LogP contribution in [0, 0.1) is 0 Å². The van der Waals surface area contributed by atoms with E-state index in [0.29, 0.717) is 5.66 Å². The molecule has 0 N–H and O–H groups in total. The van der Waals surface area contributed by atoms with E-state index < -0.39 is 0 Å². The smallest absolute Gasteiger partial charge is 1.00 e. The van der Waals surface area contributed by atoms with E-state index in [0.717, 1.165) is 0 Å². The van der Waals surface area contributed by atoms with Gasteiger partial charge in [0, 0.05) is 0 Å². The molecule has 0 aliphatic rings. The number of rotatable bonds is 0. The largest absolute Gasteiger partial charge is 1.49 e. The van der Waals surface area contributed by atoms with Crippen LogP contribution in [0.15, 0.2) is 0 Å². The van der Waals surface area contributed by atoms with Crippen molar-refractivity contribution in [3.63, 3.8) is 0 Å². The van der Waals surface area contributed by atoms with Gasteiger partial charge in [-0.05, 0) is 0 Å². The van der Waals surface area contributed by atoms with Crippen molar-refractivity contribution >= 4 is 9.24 Å². The second-order valence-electron chi connectivity index (χ2n) is 1.09. The second kappa shape index (κ2) is 9.80. The first kappa shape index (κ1) is 15.6. The molecule has 0 aliphatic heterocycles. The summed E-state index contributed by atoms with van der Waals surface area (Å²) >= 11 is 0. The molecule has 0 nitrogen and oxygen atoms in total. The summed E-state index contributed by atoms with van der Waals surface area (Å²) in [7, 11) is 3.97. The molecule has 0 aromatic rings. The van der Waals surface area contributed by atoms with E-state index in [1.165, 1.54) is 0 Å². The van der Waals surface area contributed by atoms with Gasteiger partial charge < -0.3 is 14.9 Å².